The largest absolute Gasteiger partial charge is 0.309 e. The zero-order valence-corrected chi connectivity index (χ0v) is 13.4. The van der Waals surface area contributed by atoms with Gasteiger partial charge < -0.3 is 4.90 Å². The summed E-state index contributed by atoms with van der Waals surface area (Å²) in [6, 6.07) is 1.65. The lowest BCUT2D eigenvalue weighted by Gasteiger charge is -2.10. The summed E-state index contributed by atoms with van der Waals surface area (Å²) in [4.78, 5) is 3.21. The van der Waals surface area contributed by atoms with E-state index in [1.165, 1.54) is 11.3 Å². The van der Waals surface area contributed by atoms with Gasteiger partial charge in [-0.2, -0.15) is 0 Å². The third kappa shape index (κ3) is 4.67. The van der Waals surface area contributed by atoms with Crippen LogP contribution in [0, 0.1) is 6.92 Å². The molecule has 1 heterocycles. The number of rotatable bonds is 6. The van der Waals surface area contributed by atoms with Gasteiger partial charge in [0.2, 0.25) is 10.0 Å². The van der Waals surface area contributed by atoms with Crippen LogP contribution in [0.1, 0.15) is 11.3 Å². The van der Waals surface area contributed by atoms with E-state index in [1.807, 2.05) is 25.9 Å². The van der Waals surface area contributed by atoms with Crippen molar-refractivity contribution in [3.8, 4) is 0 Å². The van der Waals surface area contributed by atoms with Gasteiger partial charge in [0.15, 0.2) is 0 Å². The van der Waals surface area contributed by atoms with Crippen molar-refractivity contribution in [1.82, 2.24) is 9.62 Å². The second-order valence-electron chi connectivity index (χ2n) is 4.03. The van der Waals surface area contributed by atoms with Crippen LogP contribution in [-0.2, 0) is 10.0 Å². The number of halogens is 1. The molecule has 0 unspecified atom stereocenters. The Hall–Kier alpha value is 0.0500. The summed E-state index contributed by atoms with van der Waals surface area (Å²) < 4.78 is 27.4. The maximum Gasteiger partial charge on any atom is 0.241 e. The molecular weight excluding hydrogens is 324 g/mol. The molecule has 98 valence electrons. The maximum absolute atomic E-state index is 12.0. The van der Waals surface area contributed by atoms with Crippen LogP contribution in [0.25, 0.3) is 0 Å². The zero-order chi connectivity index (χ0) is 13.1. The van der Waals surface area contributed by atoms with Crippen molar-refractivity contribution in [2.45, 2.75) is 18.2 Å². The molecule has 0 aliphatic rings. The molecule has 0 amide bonds. The topological polar surface area (TPSA) is 49.4 Å². The van der Waals surface area contributed by atoms with E-state index in [9.17, 15) is 8.42 Å². The van der Waals surface area contributed by atoms with Gasteiger partial charge in [0.1, 0.15) is 0 Å². The average Bonchev–Trinajstić information content (AvgIpc) is 2.53. The standard InChI is InChI=1S/C10H17BrN2O2S2/c1-8-9(7-10(11)16-8)17(14,15)12-5-4-6-13(2)3/h7,12H,4-6H2,1-3H3. The number of sulfonamides is 1. The predicted molar refractivity (Wildman–Crippen MR) is 75.1 cm³/mol. The molecule has 7 heteroatoms. The minimum absolute atomic E-state index is 0.374. The summed E-state index contributed by atoms with van der Waals surface area (Å²) in [6.45, 7) is 3.14. The Labute approximate surface area is 115 Å². The maximum atomic E-state index is 12.0. The van der Waals surface area contributed by atoms with Crippen molar-refractivity contribution in [3.05, 3.63) is 14.7 Å². The Morgan fingerprint density at radius 3 is 2.59 bits per heavy atom. The third-order valence-electron chi connectivity index (χ3n) is 2.21. The first-order valence-corrected chi connectivity index (χ1v) is 8.32. The second-order valence-corrected chi connectivity index (χ2v) is 8.40. The van der Waals surface area contributed by atoms with Gasteiger partial charge in [0.05, 0.1) is 8.68 Å². The molecule has 0 atom stereocenters. The van der Waals surface area contributed by atoms with E-state index in [4.69, 9.17) is 0 Å². The van der Waals surface area contributed by atoms with E-state index >= 15 is 0 Å². The van der Waals surface area contributed by atoms with Crippen LogP contribution in [0.5, 0.6) is 0 Å². The molecular formula is C10H17BrN2O2S2. The van der Waals surface area contributed by atoms with Crippen LogP contribution >= 0.6 is 27.3 Å². The Kier molecular flexibility index (Phi) is 5.59. The number of nitrogens with one attached hydrogen (secondary N) is 1. The minimum atomic E-state index is -3.36. The van der Waals surface area contributed by atoms with E-state index in [-0.39, 0.29) is 0 Å². The highest BCUT2D eigenvalue weighted by atomic mass is 79.9. The number of hydrogen-bond donors (Lipinski definition) is 1. The van der Waals surface area contributed by atoms with Gasteiger partial charge in [0.25, 0.3) is 0 Å². The monoisotopic (exact) mass is 340 g/mol. The summed E-state index contributed by atoms with van der Waals surface area (Å²) in [7, 11) is 0.578. The number of hydrogen-bond acceptors (Lipinski definition) is 4. The van der Waals surface area contributed by atoms with E-state index in [0.29, 0.717) is 11.4 Å². The Bertz CT molecular complexity index is 469. The molecule has 0 saturated carbocycles. The van der Waals surface area contributed by atoms with Crippen LogP contribution in [0.2, 0.25) is 0 Å². The fraction of sp³-hybridized carbons (Fsp3) is 0.600. The van der Waals surface area contributed by atoms with Gasteiger partial charge in [-0.25, -0.2) is 13.1 Å². The molecule has 0 radical (unpaired) electrons. The number of nitrogens with zero attached hydrogens (tertiary/aromatic N) is 1. The van der Waals surface area contributed by atoms with Crippen LogP contribution in [0.3, 0.4) is 0 Å². The van der Waals surface area contributed by atoms with Crippen molar-refractivity contribution < 1.29 is 8.42 Å². The number of aryl methyl sites for hydroxylation is 1. The average molecular weight is 341 g/mol. The third-order valence-corrected chi connectivity index (χ3v) is 5.48. The Morgan fingerprint density at radius 1 is 1.47 bits per heavy atom. The molecule has 4 nitrogen and oxygen atoms in total. The molecule has 1 aromatic heterocycles. The summed E-state index contributed by atoms with van der Waals surface area (Å²) in [5.41, 5.74) is 0. The molecule has 0 aliphatic carbocycles. The van der Waals surface area contributed by atoms with Gasteiger partial charge in [-0.1, -0.05) is 0 Å². The smallest absolute Gasteiger partial charge is 0.241 e. The first-order chi connectivity index (χ1) is 7.83. The lowest BCUT2D eigenvalue weighted by atomic mass is 10.4. The van der Waals surface area contributed by atoms with E-state index in [0.717, 1.165) is 21.6 Å². The second kappa shape index (κ2) is 6.29. The lowest BCUT2D eigenvalue weighted by molar-refractivity contribution is 0.400. The molecule has 0 fully saturated rings. The van der Waals surface area contributed by atoms with Crippen LogP contribution in [0.15, 0.2) is 14.7 Å². The molecule has 0 bridgehead atoms. The van der Waals surface area contributed by atoms with Gasteiger partial charge >= 0.3 is 0 Å². The molecule has 1 rings (SSSR count). The fourth-order valence-corrected chi connectivity index (χ4v) is 4.86. The lowest BCUT2D eigenvalue weighted by Crippen LogP contribution is -2.27. The fourth-order valence-electron chi connectivity index (χ4n) is 1.38. The van der Waals surface area contributed by atoms with Gasteiger partial charge in [0, 0.05) is 11.4 Å². The first kappa shape index (κ1) is 15.1. The van der Waals surface area contributed by atoms with Crippen molar-refractivity contribution in [2.75, 3.05) is 27.2 Å². The molecule has 1 aromatic rings. The van der Waals surface area contributed by atoms with E-state index in [1.54, 1.807) is 6.07 Å². The van der Waals surface area contributed by atoms with Crippen molar-refractivity contribution >= 4 is 37.3 Å². The summed E-state index contributed by atoms with van der Waals surface area (Å²) >= 11 is 4.73. The first-order valence-electron chi connectivity index (χ1n) is 5.23. The number of thiophene rings is 1. The summed E-state index contributed by atoms with van der Waals surface area (Å²) in [6.07, 6.45) is 0.802. The Morgan fingerprint density at radius 2 is 2.12 bits per heavy atom. The molecule has 1 N–H and O–H groups in total. The highest BCUT2D eigenvalue weighted by Crippen LogP contribution is 2.29. The van der Waals surface area contributed by atoms with Crippen molar-refractivity contribution in [3.63, 3.8) is 0 Å². The molecule has 0 saturated heterocycles. The summed E-state index contributed by atoms with van der Waals surface area (Å²) in [5.74, 6) is 0. The van der Waals surface area contributed by atoms with Crippen molar-refractivity contribution in [1.29, 1.82) is 0 Å². The van der Waals surface area contributed by atoms with E-state index < -0.39 is 10.0 Å². The predicted octanol–water partition coefficient (Wildman–Crippen LogP) is 2.05. The highest BCUT2D eigenvalue weighted by molar-refractivity contribution is 9.11. The zero-order valence-electron chi connectivity index (χ0n) is 10.2. The molecule has 0 aromatic carbocycles. The minimum Gasteiger partial charge on any atom is -0.309 e. The molecule has 0 aliphatic heterocycles. The van der Waals surface area contributed by atoms with Crippen LogP contribution < -0.4 is 4.72 Å². The quantitative estimate of drug-likeness (QED) is 0.806. The van der Waals surface area contributed by atoms with Gasteiger partial charge in [-0.15, -0.1) is 11.3 Å². The van der Waals surface area contributed by atoms with Crippen molar-refractivity contribution in [2.24, 2.45) is 0 Å². The van der Waals surface area contributed by atoms with Gasteiger partial charge in [-0.3, -0.25) is 0 Å². The summed E-state index contributed by atoms with van der Waals surface area (Å²) in [5, 5.41) is 0. The van der Waals surface area contributed by atoms with Gasteiger partial charge in [-0.05, 0) is 56.0 Å². The van der Waals surface area contributed by atoms with Crippen LogP contribution in [0.4, 0.5) is 0 Å². The normalized spacial score (nSPS) is 12.3. The Balaban J connectivity index is 2.60. The molecule has 17 heavy (non-hydrogen) atoms. The van der Waals surface area contributed by atoms with Crippen LogP contribution in [-0.4, -0.2) is 40.5 Å². The highest BCUT2D eigenvalue weighted by Gasteiger charge is 2.18. The SMILES string of the molecule is Cc1sc(Br)cc1S(=O)(=O)NCCCN(C)C. The molecule has 0 spiro atoms. The van der Waals surface area contributed by atoms with E-state index in [2.05, 4.69) is 20.7 Å².